The molecule has 0 radical (unpaired) electrons. The molecule has 0 saturated heterocycles. The first kappa shape index (κ1) is 23.9. The van der Waals surface area contributed by atoms with Crippen molar-refractivity contribution in [2.24, 2.45) is 4.99 Å². The molecule has 0 aliphatic rings. The molecule has 1 heterocycles. The fourth-order valence-corrected chi connectivity index (χ4v) is 2.71. The first-order valence-corrected chi connectivity index (χ1v) is 9.39. The number of halogens is 1. The maximum absolute atomic E-state index is 12.0. The Hall–Kier alpha value is -2.10. The molecule has 0 fully saturated rings. The molecule has 28 heavy (non-hydrogen) atoms. The normalized spacial score (nSPS) is 10.9. The molecule has 2 aromatic rings. The Bertz CT molecular complexity index is 725. The molecule has 8 heteroatoms. The average molecular weight is 499 g/mol. The van der Waals surface area contributed by atoms with Crippen LogP contribution in [0.2, 0.25) is 0 Å². The van der Waals surface area contributed by atoms with Crippen molar-refractivity contribution < 1.29 is 9.32 Å². The lowest BCUT2D eigenvalue weighted by Crippen LogP contribution is -2.39. The van der Waals surface area contributed by atoms with E-state index in [1.165, 1.54) is 0 Å². The quantitative estimate of drug-likeness (QED) is 0.281. The van der Waals surface area contributed by atoms with Crippen LogP contribution in [0.25, 0.3) is 0 Å². The van der Waals surface area contributed by atoms with Crippen LogP contribution in [0.1, 0.15) is 42.8 Å². The Morgan fingerprint density at radius 1 is 1.07 bits per heavy atom. The van der Waals surface area contributed by atoms with Crippen molar-refractivity contribution >= 4 is 35.8 Å². The summed E-state index contributed by atoms with van der Waals surface area (Å²) >= 11 is 0. The first-order chi connectivity index (χ1) is 13.2. The first-order valence-electron chi connectivity index (χ1n) is 9.39. The van der Waals surface area contributed by atoms with Gasteiger partial charge in [0.05, 0.1) is 5.69 Å². The van der Waals surface area contributed by atoms with Gasteiger partial charge in [-0.15, -0.1) is 24.0 Å². The summed E-state index contributed by atoms with van der Waals surface area (Å²) in [6.45, 7) is 5.74. The molecule has 1 amide bonds. The van der Waals surface area contributed by atoms with Gasteiger partial charge in [-0.3, -0.25) is 9.79 Å². The van der Waals surface area contributed by atoms with Crippen molar-refractivity contribution in [3.63, 3.8) is 0 Å². The van der Waals surface area contributed by atoms with Gasteiger partial charge in [0, 0.05) is 45.1 Å². The monoisotopic (exact) mass is 499 g/mol. The summed E-state index contributed by atoms with van der Waals surface area (Å²) in [4.78, 5) is 16.2. The number of guanidine groups is 1. The second-order valence-corrected chi connectivity index (χ2v) is 6.10. The van der Waals surface area contributed by atoms with E-state index in [-0.39, 0.29) is 29.9 Å². The number of nitrogens with one attached hydrogen (secondary N) is 3. The zero-order valence-electron chi connectivity index (χ0n) is 16.7. The summed E-state index contributed by atoms with van der Waals surface area (Å²) in [5, 5.41) is 13.5. The lowest BCUT2D eigenvalue weighted by Gasteiger charge is -2.12. The van der Waals surface area contributed by atoms with E-state index >= 15 is 0 Å². The fourth-order valence-electron chi connectivity index (χ4n) is 2.71. The van der Waals surface area contributed by atoms with E-state index in [1.54, 1.807) is 7.05 Å². The van der Waals surface area contributed by atoms with Crippen LogP contribution in [0.4, 0.5) is 0 Å². The topological polar surface area (TPSA) is 91.6 Å². The molecule has 154 valence electrons. The number of benzene rings is 1. The summed E-state index contributed by atoms with van der Waals surface area (Å²) in [7, 11) is 1.71. The van der Waals surface area contributed by atoms with Crippen LogP contribution in [0.3, 0.4) is 0 Å². The molecule has 3 N–H and O–H groups in total. The molecule has 0 unspecified atom stereocenters. The summed E-state index contributed by atoms with van der Waals surface area (Å²) < 4.78 is 5.37. The maximum Gasteiger partial charge on any atom is 0.222 e. The molecule has 0 saturated carbocycles. The minimum atomic E-state index is 0. The van der Waals surface area contributed by atoms with Crippen molar-refractivity contribution in [1.29, 1.82) is 0 Å². The van der Waals surface area contributed by atoms with Crippen LogP contribution in [0.15, 0.2) is 39.8 Å². The van der Waals surface area contributed by atoms with Crippen molar-refractivity contribution in [3.05, 3.63) is 52.9 Å². The largest absolute Gasteiger partial charge is 0.361 e. The zero-order chi connectivity index (χ0) is 19.5. The van der Waals surface area contributed by atoms with E-state index in [1.807, 2.05) is 37.3 Å². The molecule has 0 aliphatic carbocycles. The number of aromatic nitrogens is 1. The number of nitrogens with zero attached hydrogens (tertiary/aromatic N) is 2. The number of amides is 1. The molecule has 2 rings (SSSR count). The van der Waals surface area contributed by atoms with Gasteiger partial charge in [0.1, 0.15) is 5.76 Å². The molecular weight excluding hydrogens is 469 g/mol. The molecule has 0 bridgehead atoms. The SMILES string of the molecule is CCc1noc(CC)c1CNC(=NC)NCCC(=O)NCc1ccccc1.I. The van der Waals surface area contributed by atoms with Gasteiger partial charge in [-0.05, 0) is 12.0 Å². The van der Waals surface area contributed by atoms with E-state index in [2.05, 4.69) is 33.0 Å². The second kappa shape index (κ2) is 13.1. The zero-order valence-corrected chi connectivity index (χ0v) is 19.1. The summed E-state index contributed by atoms with van der Waals surface area (Å²) in [5.74, 6) is 1.55. The third-order valence-electron chi connectivity index (χ3n) is 4.24. The number of hydrogen-bond donors (Lipinski definition) is 3. The van der Waals surface area contributed by atoms with E-state index in [0.29, 0.717) is 32.0 Å². The van der Waals surface area contributed by atoms with Crippen molar-refractivity contribution in [2.45, 2.75) is 46.2 Å². The smallest absolute Gasteiger partial charge is 0.222 e. The van der Waals surface area contributed by atoms with Crippen LogP contribution in [-0.4, -0.2) is 30.6 Å². The number of carbonyl (C=O) groups is 1. The van der Waals surface area contributed by atoms with E-state index in [4.69, 9.17) is 4.52 Å². The highest BCUT2D eigenvalue weighted by atomic mass is 127. The summed E-state index contributed by atoms with van der Waals surface area (Å²) in [5.41, 5.74) is 3.14. The van der Waals surface area contributed by atoms with Crippen molar-refractivity contribution in [2.75, 3.05) is 13.6 Å². The van der Waals surface area contributed by atoms with E-state index in [0.717, 1.165) is 35.4 Å². The fraction of sp³-hybridized carbons (Fsp3) is 0.450. The maximum atomic E-state index is 12.0. The Kier molecular flexibility index (Phi) is 11.2. The molecule has 1 aromatic heterocycles. The van der Waals surface area contributed by atoms with Gasteiger partial charge < -0.3 is 20.5 Å². The van der Waals surface area contributed by atoms with Crippen LogP contribution < -0.4 is 16.0 Å². The summed E-state index contributed by atoms with van der Waals surface area (Å²) in [6, 6.07) is 9.86. The number of aryl methyl sites for hydroxylation is 2. The van der Waals surface area contributed by atoms with Gasteiger partial charge >= 0.3 is 0 Å². The third-order valence-corrected chi connectivity index (χ3v) is 4.24. The van der Waals surface area contributed by atoms with Crippen LogP contribution in [0, 0.1) is 0 Å². The lowest BCUT2D eigenvalue weighted by atomic mass is 10.1. The van der Waals surface area contributed by atoms with Gasteiger partial charge in [-0.25, -0.2) is 0 Å². The molecular formula is C20H30IN5O2. The van der Waals surface area contributed by atoms with Crippen molar-refractivity contribution in [3.8, 4) is 0 Å². The standard InChI is InChI=1S/C20H29N5O2.HI/c1-4-17-16(18(5-2)27-25-17)14-24-20(21-3)22-12-11-19(26)23-13-15-9-7-6-8-10-15;/h6-10H,4-5,11-14H2,1-3H3,(H,23,26)(H2,21,22,24);1H. The number of aliphatic imine (C=N–C) groups is 1. The third kappa shape index (κ3) is 7.49. The number of hydrogen-bond acceptors (Lipinski definition) is 4. The molecule has 1 aromatic carbocycles. The van der Waals surface area contributed by atoms with Crippen LogP contribution in [0.5, 0.6) is 0 Å². The van der Waals surface area contributed by atoms with Crippen molar-refractivity contribution in [1.82, 2.24) is 21.1 Å². The summed E-state index contributed by atoms with van der Waals surface area (Å²) in [6.07, 6.45) is 2.01. The molecule has 0 aliphatic heterocycles. The number of rotatable bonds is 9. The molecule has 7 nitrogen and oxygen atoms in total. The molecule has 0 atom stereocenters. The van der Waals surface area contributed by atoms with Crippen LogP contribution >= 0.6 is 24.0 Å². The predicted molar refractivity (Wildman–Crippen MR) is 122 cm³/mol. The Labute approximate surface area is 183 Å². The van der Waals surface area contributed by atoms with Crippen LogP contribution in [-0.2, 0) is 30.7 Å². The highest BCUT2D eigenvalue weighted by molar-refractivity contribution is 14.0. The molecule has 0 spiro atoms. The van der Waals surface area contributed by atoms with Gasteiger partial charge in [0.25, 0.3) is 0 Å². The van der Waals surface area contributed by atoms with Gasteiger partial charge in [-0.2, -0.15) is 0 Å². The van der Waals surface area contributed by atoms with E-state index < -0.39 is 0 Å². The Morgan fingerprint density at radius 2 is 1.82 bits per heavy atom. The van der Waals surface area contributed by atoms with Gasteiger partial charge in [0.2, 0.25) is 5.91 Å². The van der Waals surface area contributed by atoms with E-state index in [9.17, 15) is 4.79 Å². The Balaban J connectivity index is 0.00000392. The highest BCUT2D eigenvalue weighted by Gasteiger charge is 2.13. The average Bonchev–Trinajstić information content (AvgIpc) is 3.11. The number of carbonyl (C=O) groups excluding carboxylic acids is 1. The lowest BCUT2D eigenvalue weighted by molar-refractivity contribution is -0.121. The predicted octanol–water partition coefficient (Wildman–Crippen LogP) is 2.79. The second-order valence-electron chi connectivity index (χ2n) is 6.10. The van der Waals surface area contributed by atoms with Gasteiger partial charge in [-0.1, -0.05) is 49.3 Å². The minimum Gasteiger partial charge on any atom is -0.361 e. The Morgan fingerprint density at radius 3 is 2.46 bits per heavy atom. The highest BCUT2D eigenvalue weighted by Crippen LogP contribution is 2.15. The van der Waals surface area contributed by atoms with Gasteiger partial charge in [0.15, 0.2) is 5.96 Å². The minimum absolute atomic E-state index is 0.